The van der Waals surface area contributed by atoms with Crippen LogP contribution in [0.1, 0.15) is 58.6 Å². The van der Waals surface area contributed by atoms with Crippen LogP contribution >= 0.6 is 15.9 Å². The van der Waals surface area contributed by atoms with E-state index in [4.69, 9.17) is 0 Å². The van der Waals surface area contributed by atoms with Crippen LogP contribution in [-0.4, -0.2) is 16.7 Å². The van der Waals surface area contributed by atoms with Crippen LogP contribution in [0.15, 0.2) is 29.4 Å². The van der Waals surface area contributed by atoms with E-state index in [9.17, 15) is 13.6 Å². The summed E-state index contributed by atoms with van der Waals surface area (Å²) < 4.78 is 28.8. The summed E-state index contributed by atoms with van der Waals surface area (Å²) in [6, 6.07) is 3.83. The molecule has 5 heteroatoms. The molecule has 2 fully saturated rings. The van der Waals surface area contributed by atoms with E-state index in [-0.39, 0.29) is 24.0 Å². The molecule has 1 aromatic heterocycles. The van der Waals surface area contributed by atoms with E-state index < -0.39 is 17.8 Å². The number of halogens is 3. The van der Waals surface area contributed by atoms with Gasteiger partial charge >= 0.3 is 0 Å². The molecule has 0 radical (unpaired) electrons. The number of hydrogen-bond donors (Lipinski definition) is 0. The Morgan fingerprint density at radius 1 is 1.37 bits per heavy atom. The molecule has 0 aliphatic heterocycles. The normalized spacial score (nSPS) is 27.3. The summed E-state index contributed by atoms with van der Waals surface area (Å²) in [6.07, 6.45) is 6.66. The Hall–Kier alpha value is -1.10. The molecule has 3 unspecified atom stereocenters. The Morgan fingerprint density at radius 2 is 2.04 bits per heavy atom. The molecule has 0 aromatic carbocycles. The van der Waals surface area contributed by atoms with Gasteiger partial charge in [-0.1, -0.05) is 33.8 Å². The molecule has 3 atom stereocenters. The zero-order valence-electron chi connectivity index (χ0n) is 16.4. The van der Waals surface area contributed by atoms with E-state index in [2.05, 4.69) is 41.3 Å². The molecule has 1 heterocycles. The van der Waals surface area contributed by atoms with Gasteiger partial charge < -0.3 is 0 Å². The highest BCUT2D eigenvalue weighted by atomic mass is 79.9. The smallest absolute Gasteiger partial charge is 0.251 e. The summed E-state index contributed by atoms with van der Waals surface area (Å²) in [5.74, 6) is -2.97. The molecule has 27 heavy (non-hydrogen) atoms. The third-order valence-electron chi connectivity index (χ3n) is 6.04. The molecule has 150 valence electrons. The predicted octanol–water partition coefficient (Wildman–Crippen LogP) is 6.80. The maximum Gasteiger partial charge on any atom is 0.251 e. The first-order valence-electron chi connectivity index (χ1n) is 9.81. The van der Waals surface area contributed by atoms with Crippen LogP contribution in [0, 0.1) is 29.6 Å². The summed E-state index contributed by atoms with van der Waals surface area (Å²) in [6.45, 7) is 9.32. The van der Waals surface area contributed by atoms with Gasteiger partial charge in [-0.05, 0) is 65.2 Å². The molecule has 3 rings (SSSR count). The van der Waals surface area contributed by atoms with Gasteiger partial charge in [0.05, 0.1) is 5.69 Å². The standard InChI is InChI=1S/C15H24F2O.C7H6BrN/c1-9(2)12-7-10(3)15(16,17)8-13(12)14(18)11-5-4-6-11;1-2-7-4-3-6(8)5-9-7/h9-13H,4-8H2,1-3H3;2-5H,1H2. The highest BCUT2D eigenvalue weighted by Gasteiger charge is 2.50. The second-order valence-electron chi connectivity index (χ2n) is 8.25. The van der Waals surface area contributed by atoms with Crippen molar-refractivity contribution in [2.75, 3.05) is 0 Å². The van der Waals surface area contributed by atoms with Gasteiger partial charge in [0, 0.05) is 34.8 Å². The van der Waals surface area contributed by atoms with E-state index >= 15 is 0 Å². The van der Waals surface area contributed by atoms with Crippen molar-refractivity contribution in [3.05, 3.63) is 35.1 Å². The van der Waals surface area contributed by atoms with E-state index in [1.807, 2.05) is 12.1 Å². The Balaban J connectivity index is 0.000000244. The number of alkyl halides is 2. The highest BCUT2D eigenvalue weighted by molar-refractivity contribution is 9.10. The van der Waals surface area contributed by atoms with Crippen LogP contribution in [0.2, 0.25) is 0 Å². The SMILES string of the molecule is C=Cc1ccc(Br)cn1.CC(C)C1CC(C)C(F)(F)CC1C(=O)C1CCC1. The second-order valence-corrected chi connectivity index (χ2v) is 9.17. The van der Waals surface area contributed by atoms with Gasteiger partial charge in [0.25, 0.3) is 5.92 Å². The van der Waals surface area contributed by atoms with Gasteiger partial charge in [-0.3, -0.25) is 9.78 Å². The molecule has 2 aliphatic rings. The van der Waals surface area contributed by atoms with Crippen molar-refractivity contribution < 1.29 is 13.6 Å². The Morgan fingerprint density at radius 3 is 2.48 bits per heavy atom. The highest BCUT2D eigenvalue weighted by Crippen LogP contribution is 2.48. The second kappa shape index (κ2) is 9.40. The minimum absolute atomic E-state index is 0.0838. The van der Waals surface area contributed by atoms with Gasteiger partial charge in [-0.25, -0.2) is 8.78 Å². The first kappa shape index (κ1) is 22.2. The lowest BCUT2D eigenvalue weighted by Crippen LogP contribution is -2.46. The van der Waals surface area contributed by atoms with E-state index in [0.717, 1.165) is 29.4 Å². The van der Waals surface area contributed by atoms with Crippen LogP contribution in [0.4, 0.5) is 8.78 Å². The Kier molecular flexibility index (Phi) is 7.73. The maximum absolute atomic E-state index is 13.9. The quantitative estimate of drug-likeness (QED) is 0.514. The molecule has 0 spiro atoms. The van der Waals surface area contributed by atoms with Crippen molar-refractivity contribution >= 4 is 27.8 Å². The summed E-state index contributed by atoms with van der Waals surface area (Å²) in [7, 11) is 0. The number of nitrogens with zero attached hydrogens (tertiary/aromatic N) is 1. The first-order valence-corrected chi connectivity index (χ1v) is 10.6. The minimum atomic E-state index is -2.66. The number of carbonyl (C=O) groups excluding carboxylic acids is 1. The molecule has 0 bridgehead atoms. The van der Waals surface area contributed by atoms with Crippen LogP contribution in [0.5, 0.6) is 0 Å². The minimum Gasteiger partial charge on any atom is -0.299 e. The van der Waals surface area contributed by atoms with Gasteiger partial charge in [0.1, 0.15) is 5.78 Å². The Labute approximate surface area is 170 Å². The lowest BCUT2D eigenvalue weighted by molar-refractivity contribution is -0.151. The third kappa shape index (κ3) is 5.69. The van der Waals surface area contributed by atoms with Gasteiger partial charge in [0.15, 0.2) is 0 Å². The number of ketones is 1. The van der Waals surface area contributed by atoms with E-state index in [1.54, 1.807) is 19.2 Å². The molecule has 1 aromatic rings. The number of carbonyl (C=O) groups is 1. The zero-order chi connectivity index (χ0) is 20.2. The Bertz CT molecular complexity index is 640. The van der Waals surface area contributed by atoms with Crippen molar-refractivity contribution in [1.29, 1.82) is 0 Å². The van der Waals surface area contributed by atoms with Crippen LogP contribution in [-0.2, 0) is 4.79 Å². The number of hydrogen-bond acceptors (Lipinski definition) is 2. The number of rotatable bonds is 4. The number of pyridine rings is 1. The van der Waals surface area contributed by atoms with Gasteiger partial charge in [-0.15, -0.1) is 0 Å². The lowest BCUT2D eigenvalue weighted by atomic mass is 9.63. The van der Waals surface area contributed by atoms with Gasteiger partial charge in [0.2, 0.25) is 0 Å². The average Bonchev–Trinajstić information content (AvgIpc) is 2.56. The van der Waals surface area contributed by atoms with Crippen molar-refractivity contribution in [3.63, 3.8) is 0 Å². The number of aromatic nitrogens is 1. The van der Waals surface area contributed by atoms with Crippen LogP contribution in [0.3, 0.4) is 0 Å². The van der Waals surface area contributed by atoms with Crippen molar-refractivity contribution in [3.8, 4) is 0 Å². The van der Waals surface area contributed by atoms with E-state index in [1.165, 1.54) is 0 Å². The molecule has 0 N–H and O–H groups in total. The summed E-state index contributed by atoms with van der Waals surface area (Å²) in [4.78, 5) is 16.4. The van der Waals surface area contributed by atoms with Crippen molar-refractivity contribution in [1.82, 2.24) is 4.98 Å². The molecular weight excluding hydrogens is 412 g/mol. The average molecular weight is 442 g/mol. The van der Waals surface area contributed by atoms with Crippen LogP contribution < -0.4 is 0 Å². The fraction of sp³-hybridized carbons (Fsp3) is 0.636. The molecule has 0 saturated heterocycles. The molecule has 2 nitrogen and oxygen atoms in total. The molecule has 2 saturated carbocycles. The lowest BCUT2D eigenvalue weighted by Gasteiger charge is -2.43. The summed E-state index contributed by atoms with van der Waals surface area (Å²) in [5.41, 5.74) is 0.901. The summed E-state index contributed by atoms with van der Waals surface area (Å²) >= 11 is 3.28. The summed E-state index contributed by atoms with van der Waals surface area (Å²) in [5, 5.41) is 0. The number of Topliss-reactive ketones (excluding diaryl/α,β-unsaturated/α-hetero) is 1. The maximum atomic E-state index is 13.9. The third-order valence-corrected chi connectivity index (χ3v) is 6.51. The first-order chi connectivity index (χ1) is 12.7. The largest absolute Gasteiger partial charge is 0.299 e. The van der Waals surface area contributed by atoms with Gasteiger partial charge in [-0.2, -0.15) is 0 Å². The zero-order valence-corrected chi connectivity index (χ0v) is 18.0. The monoisotopic (exact) mass is 441 g/mol. The molecule has 0 amide bonds. The van der Waals surface area contributed by atoms with E-state index in [0.29, 0.717) is 12.3 Å². The topological polar surface area (TPSA) is 30.0 Å². The van der Waals surface area contributed by atoms with Crippen LogP contribution in [0.25, 0.3) is 6.08 Å². The van der Waals surface area contributed by atoms with Crippen molar-refractivity contribution in [2.24, 2.45) is 29.6 Å². The fourth-order valence-electron chi connectivity index (χ4n) is 3.94. The predicted molar refractivity (Wildman–Crippen MR) is 110 cm³/mol. The molecule has 2 aliphatic carbocycles. The van der Waals surface area contributed by atoms with Crippen molar-refractivity contribution in [2.45, 2.75) is 58.8 Å². The fourth-order valence-corrected chi connectivity index (χ4v) is 4.18. The molecular formula is C22H30BrF2NO.